The third-order valence-corrected chi connectivity index (χ3v) is 3.64. The smallest absolute Gasteiger partial charge is 0.243 e. The summed E-state index contributed by atoms with van der Waals surface area (Å²) in [6.07, 6.45) is 0. The lowest BCUT2D eigenvalue weighted by molar-refractivity contribution is -0.114. The van der Waals surface area contributed by atoms with Crippen LogP contribution in [0.3, 0.4) is 0 Å². The monoisotopic (exact) mass is 342 g/mol. The first-order valence-electron chi connectivity index (χ1n) is 8.50. The van der Waals surface area contributed by atoms with Crippen molar-refractivity contribution in [3.63, 3.8) is 0 Å². The van der Waals surface area contributed by atoms with Gasteiger partial charge in [-0.2, -0.15) is 0 Å². The third-order valence-electron chi connectivity index (χ3n) is 3.64. The first-order chi connectivity index (χ1) is 12.1. The minimum Gasteiger partial charge on any atom is -0.491 e. The summed E-state index contributed by atoms with van der Waals surface area (Å²) < 4.78 is 10.9. The summed E-state index contributed by atoms with van der Waals surface area (Å²) in [5, 5.41) is 6.04. The van der Waals surface area contributed by atoms with E-state index in [-0.39, 0.29) is 12.5 Å². The van der Waals surface area contributed by atoms with Crippen LogP contribution in [0.15, 0.2) is 42.5 Å². The molecule has 1 amide bonds. The lowest BCUT2D eigenvalue weighted by Gasteiger charge is -2.12. The number of nitrogens with one attached hydrogen (secondary N) is 2. The van der Waals surface area contributed by atoms with E-state index in [1.54, 1.807) is 0 Å². The maximum atomic E-state index is 12.1. The van der Waals surface area contributed by atoms with Gasteiger partial charge in [0, 0.05) is 24.0 Å². The zero-order valence-electron chi connectivity index (χ0n) is 15.1. The standard InChI is InChI=1S/C20H26N2O3/c1-4-24-10-11-25-18-7-5-6-17(13-18)21-14-20(23)22-19-9-8-15(2)12-16(19)3/h5-9,12-13,21H,4,10-11,14H2,1-3H3,(H,22,23). The van der Waals surface area contributed by atoms with Crippen LogP contribution in [-0.2, 0) is 9.53 Å². The average Bonchev–Trinajstić information content (AvgIpc) is 2.60. The van der Waals surface area contributed by atoms with Crippen molar-refractivity contribution >= 4 is 17.3 Å². The number of anilines is 2. The van der Waals surface area contributed by atoms with Crippen LogP contribution in [0.25, 0.3) is 0 Å². The van der Waals surface area contributed by atoms with Crippen molar-refractivity contribution in [2.45, 2.75) is 20.8 Å². The van der Waals surface area contributed by atoms with Crippen molar-refractivity contribution in [2.24, 2.45) is 0 Å². The second-order valence-corrected chi connectivity index (χ2v) is 5.79. The van der Waals surface area contributed by atoms with Gasteiger partial charge in [-0.15, -0.1) is 0 Å². The molecule has 2 rings (SSSR count). The van der Waals surface area contributed by atoms with E-state index in [0.29, 0.717) is 19.8 Å². The summed E-state index contributed by atoms with van der Waals surface area (Å²) in [5.41, 5.74) is 3.91. The van der Waals surface area contributed by atoms with E-state index in [2.05, 4.69) is 10.6 Å². The number of hydrogen-bond acceptors (Lipinski definition) is 4. The minimum atomic E-state index is -0.0883. The molecule has 25 heavy (non-hydrogen) atoms. The Hall–Kier alpha value is -2.53. The summed E-state index contributed by atoms with van der Waals surface area (Å²) >= 11 is 0. The van der Waals surface area contributed by atoms with Gasteiger partial charge in [-0.1, -0.05) is 23.8 Å². The Kier molecular flexibility index (Phi) is 7.29. The number of carbonyl (C=O) groups is 1. The fourth-order valence-corrected chi connectivity index (χ4v) is 2.39. The van der Waals surface area contributed by atoms with Crippen molar-refractivity contribution < 1.29 is 14.3 Å². The van der Waals surface area contributed by atoms with Crippen LogP contribution in [0, 0.1) is 13.8 Å². The van der Waals surface area contributed by atoms with Crippen LogP contribution in [0.4, 0.5) is 11.4 Å². The normalized spacial score (nSPS) is 10.4. The van der Waals surface area contributed by atoms with Crippen molar-refractivity contribution in [1.29, 1.82) is 0 Å². The predicted molar refractivity (Wildman–Crippen MR) is 101 cm³/mol. The average molecular weight is 342 g/mol. The van der Waals surface area contributed by atoms with Gasteiger partial charge in [0.25, 0.3) is 0 Å². The zero-order valence-corrected chi connectivity index (χ0v) is 15.1. The van der Waals surface area contributed by atoms with E-state index in [1.165, 1.54) is 5.56 Å². The summed E-state index contributed by atoms with van der Waals surface area (Å²) in [5.74, 6) is 0.661. The summed E-state index contributed by atoms with van der Waals surface area (Å²) in [6.45, 7) is 7.91. The molecular formula is C20H26N2O3. The highest BCUT2D eigenvalue weighted by atomic mass is 16.5. The van der Waals surface area contributed by atoms with E-state index >= 15 is 0 Å². The third kappa shape index (κ3) is 6.47. The van der Waals surface area contributed by atoms with E-state index in [1.807, 2.05) is 63.2 Å². The second kappa shape index (κ2) is 9.69. The Morgan fingerprint density at radius 1 is 1.08 bits per heavy atom. The number of amides is 1. The Morgan fingerprint density at radius 3 is 2.68 bits per heavy atom. The Labute approximate surface area is 149 Å². The van der Waals surface area contributed by atoms with Crippen LogP contribution < -0.4 is 15.4 Å². The fraction of sp³-hybridized carbons (Fsp3) is 0.350. The molecule has 0 aliphatic carbocycles. The van der Waals surface area contributed by atoms with Gasteiger partial charge in [0.15, 0.2) is 0 Å². The van der Waals surface area contributed by atoms with Crippen molar-refractivity contribution in [3.05, 3.63) is 53.6 Å². The van der Waals surface area contributed by atoms with Gasteiger partial charge in [-0.05, 0) is 44.5 Å². The van der Waals surface area contributed by atoms with Crippen molar-refractivity contribution in [3.8, 4) is 5.75 Å². The molecule has 0 bridgehead atoms. The largest absolute Gasteiger partial charge is 0.491 e. The molecule has 134 valence electrons. The highest BCUT2D eigenvalue weighted by Crippen LogP contribution is 2.18. The number of hydrogen-bond donors (Lipinski definition) is 2. The highest BCUT2D eigenvalue weighted by Gasteiger charge is 2.05. The predicted octanol–water partition coefficient (Wildman–Crippen LogP) is 3.77. The molecule has 0 aromatic heterocycles. The van der Waals surface area contributed by atoms with Gasteiger partial charge in [-0.3, -0.25) is 4.79 Å². The van der Waals surface area contributed by atoms with Gasteiger partial charge >= 0.3 is 0 Å². The molecule has 0 saturated heterocycles. The van der Waals surface area contributed by atoms with E-state index in [9.17, 15) is 4.79 Å². The van der Waals surface area contributed by atoms with Gasteiger partial charge in [0.1, 0.15) is 12.4 Å². The molecule has 2 aromatic rings. The van der Waals surface area contributed by atoms with Crippen molar-refractivity contribution in [1.82, 2.24) is 0 Å². The van der Waals surface area contributed by atoms with Gasteiger partial charge in [0.2, 0.25) is 5.91 Å². The molecule has 0 atom stereocenters. The molecule has 0 unspecified atom stereocenters. The molecule has 2 aromatic carbocycles. The maximum Gasteiger partial charge on any atom is 0.243 e. The number of carbonyl (C=O) groups excluding carboxylic acids is 1. The van der Waals surface area contributed by atoms with E-state index < -0.39 is 0 Å². The molecular weight excluding hydrogens is 316 g/mol. The van der Waals surface area contributed by atoms with Gasteiger partial charge in [-0.25, -0.2) is 0 Å². The molecule has 0 radical (unpaired) electrons. The molecule has 0 aliphatic rings. The SMILES string of the molecule is CCOCCOc1cccc(NCC(=O)Nc2ccc(C)cc2C)c1. The summed E-state index contributed by atoms with van der Waals surface area (Å²) in [4.78, 5) is 12.1. The molecule has 0 aliphatic heterocycles. The van der Waals surface area contributed by atoms with Gasteiger partial charge in [0.05, 0.1) is 13.2 Å². The highest BCUT2D eigenvalue weighted by molar-refractivity contribution is 5.94. The Bertz CT molecular complexity index is 701. The maximum absolute atomic E-state index is 12.1. The number of ether oxygens (including phenoxy) is 2. The van der Waals surface area contributed by atoms with Crippen LogP contribution in [-0.4, -0.2) is 32.3 Å². The molecule has 0 spiro atoms. The van der Waals surface area contributed by atoms with Crippen LogP contribution in [0.5, 0.6) is 5.75 Å². The molecule has 0 saturated carbocycles. The lowest BCUT2D eigenvalue weighted by atomic mass is 10.1. The quantitative estimate of drug-likeness (QED) is 0.681. The van der Waals surface area contributed by atoms with Crippen LogP contribution >= 0.6 is 0 Å². The van der Waals surface area contributed by atoms with Crippen molar-refractivity contribution in [2.75, 3.05) is 37.0 Å². The molecule has 0 heterocycles. The lowest BCUT2D eigenvalue weighted by Crippen LogP contribution is -2.22. The van der Waals surface area contributed by atoms with E-state index in [0.717, 1.165) is 22.7 Å². The Balaban J connectivity index is 1.82. The molecule has 5 heteroatoms. The number of aryl methyl sites for hydroxylation is 2. The first kappa shape index (κ1) is 18.8. The molecule has 0 fully saturated rings. The number of rotatable bonds is 9. The zero-order chi connectivity index (χ0) is 18.1. The van der Waals surface area contributed by atoms with Crippen LogP contribution in [0.2, 0.25) is 0 Å². The minimum absolute atomic E-state index is 0.0883. The van der Waals surface area contributed by atoms with Crippen LogP contribution in [0.1, 0.15) is 18.1 Å². The van der Waals surface area contributed by atoms with Gasteiger partial charge < -0.3 is 20.1 Å². The first-order valence-corrected chi connectivity index (χ1v) is 8.50. The number of benzene rings is 2. The second-order valence-electron chi connectivity index (χ2n) is 5.79. The Morgan fingerprint density at radius 2 is 1.92 bits per heavy atom. The summed E-state index contributed by atoms with van der Waals surface area (Å²) in [6, 6.07) is 13.5. The summed E-state index contributed by atoms with van der Waals surface area (Å²) in [7, 11) is 0. The molecule has 5 nitrogen and oxygen atoms in total. The topological polar surface area (TPSA) is 59.6 Å². The molecule has 2 N–H and O–H groups in total. The van der Waals surface area contributed by atoms with E-state index in [4.69, 9.17) is 9.47 Å². The fourth-order valence-electron chi connectivity index (χ4n) is 2.39.